The molecule has 0 atom stereocenters. The molecule has 5 N–H and O–H groups in total. The molecule has 0 bridgehead atoms. The molecular weight excluding hydrogens is 354 g/mol. The number of halogens is 1. The van der Waals surface area contributed by atoms with Crippen LogP contribution in [-0.2, 0) is 0 Å². The maximum atomic E-state index is 12.1. The van der Waals surface area contributed by atoms with Crippen LogP contribution in [-0.4, -0.2) is 36.8 Å². The van der Waals surface area contributed by atoms with Crippen LogP contribution in [0.4, 0.5) is 27.7 Å². The topological polar surface area (TPSA) is 100 Å². The fourth-order valence-electron chi connectivity index (χ4n) is 3.03. The molecule has 138 valence electrons. The van der Waals surface area contributed by atoms with E-state index < -0.39 is 6.03 Å². The highest BCUT2D eigenvalue weighted by molar-refractivity contribution is 6.05. The SMILES string of the molecule is CNc1c(NC)n(NC)c2ccc(N(C(N)=O)c3cccnc3)cc12.Cl. The van der Waals surface area contributed by atoms with Crippen LogP contribution in [0.25, 0.3) is 10.9 Å². The fraction of sp³-hybridized carbons (Fsp3) is 0.176. The summed E-state index contributed by atoms with van der Waals surface area (Å²) in [5.74, 6) is 0.893. The molecule has 0 saturated carbocycles. The zero-order chi connectivity index (χ0) is 18.0. The van der Waals surface area contributed by atoms with Gasteiger partial charge in [-0.3, -0.25) is 9.88 Å². The van der Waals surface area contributed by atoms with E-state index in [0.717, 1.165) is 22.4 Å². The second kappa shape index (κ2) is 7.83. The molecule has 0 aliphatic carbocycles. The van der Waals surface area contributed by atoms with Gasteiger partial charge in [0, 0.05) is 32.7 Å². The predicted molar refractivity (Wildman–Crippen MR) is 110 cm³/mol. The minimum atomic E-state index is -0.569. The van der Waals surface area contributed by atoms with Crippen molar-refractivity contribution >= 4 is 52.2 Å². The molecule has 0 fully saturated rings. The molecule has 0 aliphatic heterocycles. The van der Waals surface area contributed by atoms with Gasteiger partial charge in [0.2, 0.25) is 0 Å². The lowest BCUT2D eigenvalue weighted by Gasteiger charge is -2.20. The molecule has 0 spiro atoms. The average molecular weight is 376 g/mol. The van der Waals surface area contributed by atoms with Gasteiger partial charge in [0.15, 0.2) is 0 Å². The Kier molecular flexibility index (Phi) is 5.78. The van der Waals surface area contributed by atoms with Gasteiger partial charge in [-0.2, -0.15) is 0 Å². The first-order valence-electron chi connectivity index (χ1n) is 7.83. The van der Waals surface area contributed by atoms with Crippen molar-refractivity contribution in [1.29, 1.82) is 0 Å². The van der Waals surface area contributed by atoms with Crippen LogP contribution in [0.1, 0.15) is 0 Å². The molecule has 2 aromatic heterocycles. The molecular formula is C17H22ClN7O. The predicted octanol–water partition coefficient (Wildman–Crippen LogP) is 2.93. The van der Waals surface area contributed by atoms with Gasteiger partial charge in [-0.1, -0.05) is 0 Å². The number of fused-ring (bicyclic) bond motifs is 1. The molecule has 26 heavy (non-hydrogen) atoms. The second-order valence-corrected chi connectivity index (χ2v) is 5.37. The summed E-state index contributed by atoms with van der Waals surface area (Å²) in [5.41, 5.74) is 11.9. The van der Waals surface area contributed by atoms with Crippen molar-refractivity contribution < 1.29 is 4.79 Å². The maximum Gasteiger partial charge on any atom is 0.323 e. The van der Waals surface area contributed by atoms with Crippen molar-refractivity contribution in [2.24, 2.45) is 5.73 Å². The number of benzene rings is 1. The third-order valence-electron chi connectivity index (χ3n) is 4.04. The number of carbonyl (C=O) groups is 1. The van der Waals surface area contributed by atoms with Crippen LogP contribution in [0.15, 0.2) is 42.7 Å². The molecule has 2 heterocycles. The number of urea groups is 1. The molecule has 0 saturated heterocycles. The van der Waals surface area contributed by atoms with Crippen molar-refractivity contribution in [3.05, 3.63) is 42.7 Å². The molecule has 2 amide bonds. The molecule has 3 rings (SSSR count). The summed E-state index contributed by atoms with van der Waals surface area (Å²) in [4.78, 5) is 17.6. The van der Waals surface area contributed by atoms with Gasteiger partial charge in [0.1, 0.15) is 5.82 Å². The van der Waals surface area contributed by atoms with Crippen LogP contribution in [0.3, 0.4) is 0 Å². The summed E-state index contributed by atoms with van der Waals surface area (Å²) < 4.78 is 1.93. The molecule has 0 aliphatic rings. The van der Waals surface area contributed by atoms with E-state index in [9.17, 15) is 4.79 Å². The number of rotatable bonds is 5. The first-order valence-corrected chi connectivity index (χ1v) is 7.83. The molecule has 8 nitrogen and oxygen atoms in total. The second-order valence-electron chi connectivity index (χ2n) is 5.37. The number of nitrogens with two attached hydrogens (primary N) is 1. The number of amides is 2. The summed E-state index contributed by atoms with van der Waals surface area (Å²) in [6.45, 7) is 0. The highest BCUT2D eigenvalue weighted by atomic mass is 35.5. The van der Waals surface area contributed by atoms with E-state index in [1.165, 1.54) is 4.90 Å². The number of carbonyl (C=O) groups excluding carboxylic acids is 1. The lowest BCUT2D eigenvalue weighted by molar-refractivity contribution is 0.256. The highest BCUT2D eigenvalue weighted by Crippen LogP contribution is 2.37. The van der Waals surface area contributed by atoms with E-state index >= 15 is 0 Å². The standard InChI is InChI=1S/C17H21N7O.ClH/c1-19-15-13-9-11(6-7-14(13)24(21-3)16(15)20-2)23(17(18)25)12-5-4-8-22-10-12;/h4-10,19-21H,1-3H3,(H2,18,25);1H. The van der Waals surface area contributed by atoms with Crippen LogP contribution in [0, 0.1) is 0 Å². The summed E-state index contributed by atoms with van der Waals surface area (Å²) in [5, 5.41) is 7.34. The van der Waals surface area contributed by atoms with E-state index in [4.69, 9.17) is 5.73 Å². The quantitative estimate of drug-likeness (QED) is 0.549. The van der Waals surface area contributed by atoms with Crippen LogP contribution >= 0.6 is 12.4 Å². The summed E-state index contributed by atoms with van der Waals surface area (Å²) in [6, 6.07) is 8.70. The summed E-state index contributed by atoms with van der Waals surface area (Å²) >= 11 is 0. The fourth-order valence-corrected chi connectivity index (χ4v) is 3.03. The van der Waals surface area contributed by atoms with Crippen molar-refractivity contribution in [2.75, 3.05) is 42.1 Å². The molecule has 9 heteroatoms. The number of aromatic nitrogens is 2. The third-order valence-corrected chi connectivity index (χ3v) is 4.04. The number of anilines is 4. The lowest BCUT2D eigenvalue weighted by Crippen LogP contribution is -2.31. The van der Waals surface area contributed by atoms with E-state index in [1.807, 2.05) is 44.0 Å². The first-order chi connectivity index (χ1) is 12.1. The van der Waals surface area contributed by atoms with Crippen LogP contribution < -0.4 is 26.7 Å². The summed E-state index contributed by atoms with van der Waals surface area (Å²) in [7, 11) is 5.56. The number of hydrogen-bond donors (Lipinski definition) is 4. The zero-order valence-electron chi connectivity index (χ0n) is 14.8. The van der Waals surface area contributed by atoms with E-state index in [2.05, 4.69) is 21.0 Å². The number of pyridine rings is 1. The number of nitrogens with zero attached hydrogens (tertiary/aromatic N) is 3. The van der Waals surface area contributed by atoms with Gasteiger partial charge in [-0.05, 0) is 30.3 Å². The molecule has 1 aromatic carbocycles. The Bertz CT molecular complexity index is 910. The van der Waals surface area contributed by atoms with Gasteiger partial charge in [0.25, 0.3) is 0 Å². The Morgan fingerprint density at radius 2 is 1.92 bits per heavy atom. The summed E-state index contributed by atoms with van der Waals surface area (Å²) in [6.07, 6.45) is 3.25. The Morgan fingerprint density at radius 3 is 2.46 bits per heavy atom. The third kappa shape index (κ3) is 3.06. The molecule has 3 aromatic rings. The Labute approximate surface area is 157 Å². The number of primary amides is 1. The normalized spacial score (nSPS) is 10.1. The van der Waals surface area contributed by atoms with Crippen molar-refractivity contribution in [1.82, 2.24) is 9.66 Å². The van der Waals surface area contributed by atoms with Gasteiger partial charge in [-0.15, -0.1) is 12.4 Å². The minimum absolute atomic E-state index is 0. The van der Waals surface area contributed by atoms with Gasteiger partial charge in [0.05, 0.1) is 28.8 Å². The van der Waals surface area contributed by atoms with Gasteiger partial charge < -0.3 is 21.8 Å². The largest absolute Gasteiger partial charge is 0.385 e. The van der Waals surface area contributed by atoms with Crippen LogP contribution in [0.2, 0.25) is 0 Å². The molecule has 0 unspecified atom stereocenters. The number of nitrogens with one attached hydrogen (secondary N) is 3. The minimum Gasteiger partial charge on any atom is -0.385 e. The van der Waals surface area contributed by atoms with Gasteiger partial charge in [-0.25, -0.2) is 9.47 Å². The van der Waals surface area contributed by atoms with E-state index in [0.29, 0.717) is 11.4 Å². The Morgan fingerprint density at radius 1 is 1.15 bits per heavy atom. The van der Waals surface area contributed by atoms with Crippen molar-refractivity contribution in [2.45, 2.75) is 0 Å². The van der Waals surface area contributed by atoms with E-state index in [-0.39, 0.29) is 12.4 Å². The Hall–Kier alpha value is -3.13. The van der Waals surface area contributed by atoms with Gasteiger partial charge >= 0.3 is 6.03 Å². The number of hydrogen-bond acceptors (Lipinski definition) is 5. The maximum absolute atomic E-state index is 12.1. The highest BCUT2D eigenvalue weighted by Gasteiger charge is 2.20. The van der Waals surface area contributed by atoms with Crippen molar-refractivity contribution in [3.8, 4) is 0 Å². The van der Waals surface area contributed by atoms with Crippen LogP contribution in [0.5, 0.6) is 0 Å². The first kappa shape index (κ1) is 19.2. The lowest BCUT2D eigenvalue weighted by atomic mass is 10.2. The van der Waals surface area contributed by atoms with E-state index in [1.54, 1.807) is 24.5 Å². The monoisotopic (exact) mass is 375 g/mol. The Balaban J connectivity index is 0.00000243. The van der Waals surface area contributed by atoms with Crippen molar-refractivity contribution in [3.63, 3.8) is 0 Å². The zero-order valence-corrected chi connectivity index (χ0v) is 15.6. The molecule has 0 radical (unpaired) electrons. The average Bonchev–Trinajstić information content (AvgIpc) is 2.94. The smallest absolute Gasteiger partial charge is 0.323 e.